The minimum Gasteiger partial charge on any atom is -0.469 e. The second-order valence-corrected chi connectivity index (χ2v) is 6.53. The quantitative estimate of drug-likeness (QED) is 0.685. The maximum absolute atomic E-state index is 14.0. The molecule has 0 bridgehead atoms. The van der Waals surface area contributed by atoms with E-state index in [4.69, 9.17) is 21.1 Å². The van der Waals surface area contributed by atoms with Crippen LogP contribution in [0, 0.1) is 5.82 Å². The van der Waals surface area contributed by atoms with Crippen LogP contribution in [0.3, 0.4) is 0 Å². The number of pyridine rings is 1. The molecule has 2 N–H and O–H groups in total. The molecule has 1 saturated heterocycles. The smallest absolute Gasteiger partial charge is 0.439 e. The molecule has 3 heterocycles. The lowest BCUT2D eigenvalue weighted by molar-refractivity contribution is -0.00996. The van der Waals surface area contributed by atoms with Crippen LogP contribution in [0.25, 0.3) is 11.4 Å². The maximum atomic E-state index is 14.0. The summed E-state index contributed by atoms with van der Waals surface area (Å²) in [5.74, 6) is -0.773. The lowest BCUT2D eigenvalue weighted by Gasteiger charge is -2.26. The monoisotopic (exact) mass is 406 g/mol. The molecule has 28 heavy (non-hydrogen) atoms. The number of halogens is 2. The summed E-state index contributed by atoms with van der Waals surface area (Å²) in [4.78, 5) is 18.0. The molecule has 4 rings (SSSR count). The number of H-pyrrole nitrogens is 1. The fourth-order valence-corrected chi connectivity index (χ4v) is 3.09. The van der Waals surface area contributed by atoms with Crippen molar-refractivity contribution in [1.29, 1.82) is 0 Å². The Morgan fingerprint density at radius 1 is 1.32 bits per heavy atom. The molecule has 0 spiro atoms. The molecule has 146 valence electrons. The molecule has 0 unspecified atom stereocenters. The van der Waals surface area contributed by atoms with Gasteiger partial charge in [-0.05, 0) is 29.8 Å². The standard InChI is InChI=1S/C18H16ClFN4O4/c19-12-4-3-10(8-13(12)20)15-14(9-21-6-7-26-15)27-17-11(2-1-5-22-17)16-23-18(25)28-24-16/h1-5,8,14-15,21H,6-7,9H2,(H,23,24,25)/t14-,15+/m1/s1. The SMILES string of the molecule is O=c1[nH]c(-c2cccnc2O[C@@H]2CNCCO[C@H]2c2ccc(Cl)c(F)c2)no1. The third-order valence-corrected chi connectivity index (χ3v) is 4.57. The summed E-state index contributed by atoms with van der Waals surface area (Å²) in [6, 6.07) is 7.90. The fourth-order valence-electron chi connectivity index (χ4n) is 2.97. The van der Waals surface area contributed by atoms with Crippen molar-refractivity contribution in [2.75, 3.05) is 19.7 Å². The van der Waals surface area contributed by atoms with Gasteiger partial charge in [0.1, 0.15) is 18.0 Å². The lowest BCUT2D eigenvalue weighted by Crippen LogP contribution is -2.34. The molecule has 10 heteroatoms. The molecule has 1 fully saturated rings. The predicted octanol–water partition coefficient (Wildman–Crippen LogP) is 2.33. The highest BCUT2D eigenvalue weighted by molar-refractivity contribution is 6.30. The van der Waals surface area contributed by atoms with Crippen molar-refractivity contribution in [3.63, 3.8) is 0 Å². The van der Waals surface area contributed by atoms with Crippen LogP contribution in [0.4, 0.5) is 4.39 Å². The average Bonchev–Trinajstić information content (AvgIpc) is 2.99. The van der Waals surface area contributed by atoms with Gasteiger partial charge in [-0.1, -0.05) is 22.8 Å². The Labute approximate surface area is 163 Å². The number of hydrogen-bond donors (Lipinski definition) is 2. The second-order valence-electron chi connectivity index (χ2n) is 6.13. The Morgan fingerprint density at radius 2 is 2.21 bits per heavy atom. The first kappa shape index (κ1) is 18.6. The topological polar surface area (TPSA) is 102 Å². The van der Waals surface area contributed by atoms with Gasteiger partial charge in [-0.3, -0.25) is 9.51 Å². The van der Waals surface area contributed by atoms with Crippen molar-refractivity contribution < 1.29 is 18.4 Å². The fraction of sp³-hybridized carbons (Fsp3) is 0.278. The molecule has 1 aliphatic heterocycles. The van der Waals surface area contributed by atoms with Crippen LogP contribution >= 0.6 is 11.6 Å². The summed E-state index contributed by atoms with van der Waals surface area (Å²) < 4.78 is 30.5. The van der Waals surface area contributed by atoms with Crippen LogP contribution in [-0.4, -0.2) is 40.9 Å². The number of rotatable bonds is 4. The zero-order valence-corrected chi connectivity index (χ0v) is 15.3. The van der Waals surface area contributed by atoms with Gasteiger partial charge in [0.2, 0.25) is 5.88 Å². The Bertz CT molecular complexity index is 1020. The van der Waals surface area contributed by atoms with E-state index in [-0.39, 0.29) is 16.7 Å². The predicted molar refractivity (Wildman–Crippen MR) is 97.7 cm³/mol. The third-order valence-electron chi connectivity index (χ3n) is 4.26. The van der Waals surface area contributed by atoms with Crippen molar-refractivity contribution in [3.8, 4) is 17.3 Å². The third kappa shape index (κ3) is 3.91. The summed E-state index contributed by atoms with van der Waals surface area (Å²) in [5.41, 5.74) is 1.06. The second kappa shape index (κ2) is 8.09. The van der Waals surface area contributed by atoms with E-state index < -0.39 is 23.8 Å². The zero-order valence-electron chi connectivity index (χ0n) is 14.5. The molecule has 0 saturated carbocycles. The molecule has 1 aliphatic rings. The first-order valence-electron chi connectivity index (χ1n) is 8.57. The first-order valence-corrected chi connectivity index (χ1v) is 8.95. The van der Waals surface area contributed by atoms with E-state index in [2.05, 4.69) is 25.0 Å². The molecule has 0 amide bonds. The van der Waals surface area contributed by atoms with E-state index in [1.165, 1.54) is 12.1 Å². The molecule has 3 aromatic rings. The molecule has 2 aromatic heterocycles. The minimum atomic E-state index is -0.682. The van der Waals surface area contributed by atoms with Gasteiger partial charge >= 0.3 is 5.76 Å². The largest absolute Gasteiger partial charge is 0.469 e. The lowest BCUT2D eigenvalue weighted by atomic mass is 10.0. The zero-order chi connectivity index (χ0) is 19.5. The van der Waals surface area contributed by atoms with Gasteiger partial charge in [-0.15, -0.1) is 0 Å². The molecule has 1 aromatic carbocycles. The van der Waals surface area contributed by atoms with Gasteiger partial charge in [-0.2, -0.15) is 0 Å². The Morgan fingerprint density at radius 3 is 3.00 bits per heavy atom. The van der Waals surface area contributed by atoms with Crippen LogP contribution in [0.1, 0.15) is 11.7 Å². The van der Waals surface area contributed by atoms with Crippen molar-refractivity contribution in [3.05, 3.63) is 63.5 Å². The van der Waals surface area contributed by atoms with E-state index in [1.807, 2.05) is 0 Å². The van der Waals surface area contributed by atoms with E-state index in [1.54, 1.807) is 24.4 Å². The summed E-state index contributed by atoms with van der Waals surface area (Å²) >= 11 is 5.79. The molecular formula is C18H16ClFN4O4. The van der Waals surface area contributed by atoms with E-state index in [0.29, 0.717) is 30.8 Å². The number of benzene rings is 1. The highest BCUT2D eigenvalue weighted by atomic mass is 35.5. The van der Waals surface area contributed by atoms with Crippen LogP contribution in [0.15, 0.2) is 45.8 Å². The van der Waals surface area contributed by atoms with Gasteiger partial charge in [0, 0.05) is 19.3 Å². The average molecular weight is 407 g/mol. The van der Waals surface area contributed by atoms with Crippen molar-refractivity contribution in [2.24, 2.45) is 0 Å². The first-order chi connectivity index (χ1) is 13.6. The van der Waals surface area contributed by atoms with Crippen molar-refractivity contribution in [1.82, 2.24) is 20.4 Å². The van der Waals surface area contributed by atoms with Gasteiger partial charge in [-0.25, -0.2) is 14.2 Å². The van der Waals surface area contributed by atoms with Gasteiger partial charge in [0.15, 0.2) is 5.82 Å². The summed E-state index contributed by atoms with van der Waals surface area (Å²) in [6.45, 7) is 1.50. The Balaban J connectivity index is 1.66. The Kier molecular flexibility index (Phi) is 5.38. The van der Waals surface area contributed by atoms with Gasteiger partial charge < -0.3 is 14.8 Å². The van der Waals surface area contributed by atoms with E-state index in [0.717, 1.165) is 0 Å². The number of aromatic amines is 1. The molecule has 0 radical (unpaired) electrons. The minimum absolute atomic E-state index is 0.0370. The Hall–Kier alpha value is -2.75. The van der Waals surface area contributed by atoms with Crippen LogP contribution in [-0.2, 0) is 4.74 Å². The van der Waals surface area contributed by atoms with Gasteiger partial charge in [0.25, 0.3) is 0 Å². The highest BCUT2D eigenvalue weighted by Gasteiger charge is 2.30. The van der Waals surface area contributed by atoms with E-state index in [9.17, 15) is 9.18 Å². The normalized spacial score (nSPS) is 19.9. The number of hydrogen-bond acceptors (Lipinski definition) is 7. The molecule has 8 nitrogen and oxygen atoms in total. The summed E-state index contributed by atoms with van der Waals surface area (Å²) in [7, 11) is 0. The highest BCUT2D eigenvalue weighted by Crippen LogP contribution is 2.31. The van der Waals surface area contributed by atoms with Crippen LogP contribution in [0.2, 0.25) is 5.02 Å². The molecule has 0 aliphatic carbocycles. The summed E-state index contributed by atoms with van der Waals surface area (Å²) in [5, 5.41) is 6.94. The number of nitrogens with one attached hydrogen (secondary N) is 2. The van der Waals surface area contributed by atoms with Crippen LogP contribution in [0.5, 0.6) is 5.88 Å². The van der Waals surface area contributed by atoms with Gasteiger partial charge in [0.05, 0.1) is 17.2 Å². The van der Waals surface area contributed by atoms with Crippen molar-refractivity contribution >= 4 is 11.6 Å². The number of ether oxygens (including phenoxy) is 2. The maximum Gasteiger partial charge on any atom is 0.439 e. The van der Waals surface area contributed by atoms with Crippen LogP contribution < -0.4 is 15.8 Å². The molecule has 2 atom stereocenters. The van der Waals surface area contributed by atoms with E-state index >= 15 is 0 Å². The number of nitrogens with zero attached hydrogens (tertiary/aromatic N) is 2. The van der Waals surface area contributed by atoms with Crippen molar-refractivity contribution in [2.45, 2.75) is 12.2 Å². The summed E-state index contributed by atoms with van der Waals surface area (Å²) in [6.07, 6.45) is 0.488. The molecular weight excluding hydrogens is 391 g/mol. The number of aromatic nitrogens is 3.